The molecule has 0 saturated heterocycles. The lowest BCUT2D eigenvalue weighted by Gasteiger charge is -2.07. The third kappa shape index (κ3) is 1.46. The van der Waals surface area contributed by atoms with E-state index < -0.39 is 0 Å². The maximum atomic E-state index is 4.10. The van der Waals surface area contributed by atoms with E-state index in [1.54, 1.807) is 0 Å². The van der Waals surface area contributed by atoms with E-state index in [9.17, 15) is 0 Å². The summed E-state index contributed by atoms with van der Waals surface area (Å²) in [5, 5.41) is 9.07. The highest BCUT2D eigenvalue weighted by Gasteiger charge is 2.08. The largest absolute Gasteiger partial charge is 0.241 e. The van der Waals surface area contributed by atoms with Crippen molar-refractivity contribution in [3.63, 3.8) is 0 Å². The van der Waals surface area contributed by atoms with Gasteiger partial charge in [-0.05, 0) is 19.1 Å². The third-order valence-electron chi connectivity index (χ3n) is 2.02. The molecule has 0 aliphatic heterocycles. The molecule has 68 valence electrons. The van der Waals surface area contributed by atoms with Crippen LogP contribution in [0.1, 0.15) is 13.0 Å². The Morgan fingerprint density at radius 3 is 3.00 bits per heavy atom. The van der Waals surface area contributed by atoms with Gasteiger partial charge in [0.1, 0.15) is 5.52 Å². The SMILES string of the molecule is CC(CBr)n1nnc2ccccc21. The van der Waals surface area contributed by atoms with Crippen LogP contribution in [0.4, 0.5) is 0 Å². The summed E-state index contributed by atoms with van der Waals surface area (Å²) in [4.78, 5) is 0. The minimum atomic E-state index is 0.340. The van der Waals surface area contributed by atoms with Crippen LogP contribution in [0, 0.1) is 0 Å². The average molecular weight is 240 g/mol. The molecule has 3 nitrogen and oxygen atoms in total. The van der Waals surface area contributed by atoms with Crippen LogP contribution in [0.5, 0.6) is 0 Å². The second kappa shape index (κ2) is 3.46. The molecule has 0 aliphatic rings. The summed E-state index contributed by atoms with van der Waals surface area (Å²) in [7, 11) is 0. The smallest absolute Gasteiger partial charge is 0.113 e. The predicted molar refractivity (Wildman–Crippen MR) is 56.0 cm³/mol. The van der Waals surface area contributed by atoms with Gasteiger partial charge in [-0.15, -0.1) is 5.10 Å². The fraction of sp³-hybridized carbons (Fsp3) is 0.333. The first-order valence-electron chi connectivity index (χ1n) is 4.19. The van der Waals surface area contributed by atoms with Gasteiger partial charge >= 0.3 is 0 Å². The first-order valence-corrected chi connectivity index (χ1v) is 5.31. The van der Waals surface area contributed by atoms with Crippen molar-refractivity contribution in [3.05, 3.63) is 24.3 Å². The van der Waals surface area contributed by atoms with Crippen molar-refractivity contribution in [1.29, 1.82) is 0 Å². The molecule has 0 saturated carbocycles. The van der Waals surface area contributed by atoms with Gasteiger partial charge < -0.3 is 0 Å². The van der Waals surface area contributed by atoms with E-state index in [1.807, 2.05) is 28.9 Å². The standard InChI is InChI=1S/C9H10BrN3/c1-7(6-10)13-9-5-3-2-4-8(9)11-12-13/h2-5,7H,6H2,1H3. The molecular formula is C9H10BrN3. The Labute approximate surface area is 84.9 Å². The molecule has 1 unspecified atom stereocenters. The van der Waals surface area contributed by atoms with Crippen LogP contribution in [-0.4, -0.2) is 20.3 Å². The molecular weight excluding hydrogens is 230 g/mol. The molecule has 1 aromatic heterocycles. The number of nitrogens with zero attached hydrogens (tertiary/aromatic N) is 3. The molecule has 0 fully saturated rings. The number of alkyl halides is 1. The van der Waals surface area contributed by atoms with Crippen molar-refractivity contribution in [1.82, 2.24) is 15.0 Å². The van der Waals surface area contributed by atoms with Gasteiger partial charge in [0.25, 0.3) is 0 Å². The van der Waals surface area contributed by atoms with Crippen molar-refractivity contribution in [2.45, 2.75) is 13.0 Å². The number of hydrogen-bond acceptors (Lipinski definition) is 2. The van der Waals surface area contributed by atoms with E-state index in [0.29, 0.717) is 6.04 Å². The van der Waals surface area contributed by atoms with Crippen LogP contribution in [0.2, 0.25) is 0 Å². The van der Waals surface area contributed by atoms with Crippen LogP contribution in [0.25, 0.3) is 11.0 Å². The second-order valence-corrected chi connectivity index (χ2v) is 3.67. The van der Waals surface area contributed by atoms with E-state index in [2.05, 4.69) is 33.2 Å². The molecule has 0 bridgehead atoms. The van der Waals surface area contributed by atoms with Gasteiger partial charge in [-0.3, -0.25) is 0 Å². The molecule has 1 aromatic carbocycles. The van der Waals surface area contributed by atoms with E-state index >= 15 is 0 Å². The third-order valence-corrected chi connectivity index (χ3v) is 2.96. The maximum absolute atomic E-state index is 4.10. The highest BCUT2D eigenvalue weighted by atomic mass is 79.9. The van der Waals surface area contributed by atoms with Crippen molar-refractivity contribution in [2.24, 2.45) is 0 Å². The van der Waals surface area contributed by atoms with Gasteiger partial charge in [-0.2, -0.15) is 0 Å². The van der Waals surface area contributed by atoms with Gasteiger partial charge in [-0.25, -0.2) is 4.68 Å². The van der Waals surface area contributed by atoms with Crippen molar-refractivity contribution < 1.29 is 0 Å². The van der Waals surface area contributed by atoms with Crippen molar-refractivity contribution >= 4 is 27.0 Å². The molecule has 13 heavy (non-hydrogen) atoms. The van der Waals surface area contributed by atoms with Gasteiger partial charge in [0.2, 0.25) is 0 Å². The summed E-state index contributed by atoms with van der Waals surface area (Å²) in [5.41, 5.74) is 2.05. The molecule has 0 aliphatic carbocycles. The number of fused-ring (bicyclic) bond motifs is 1. The summed E-state index contributed by atoms with van der Waals surface area (Å²) in [6, 6.07) is 8.32. The Kier molecular flexibility index (Phi) is 2.31. The monoisotopic (exact) mass is 239 g/mol. The van der Waals surface area contributed by atoms with Gasteiger partial charge in [-0.1, -0.05) is 33.3 Å². The van der Waals surface area contributed by atoms with E-state index in [0.717, 1.165) is 16.4 Å². The summed E-state index contributed by atoms with van der Waals surface area (Å²) < 4.78 is 1.93. The molecule has 0 amide bonds. The highest BCUT2D eigenvalue weighted by Crippen LogP contribution is 2.15. The zero-order valence-corrected chi connectivity index (χ0v) is 8.90. The topological polar surface area (TPSA) is 30.7 Å². The summed E-state index contributed by atoms with van der Waals surface area (Å²) in [6.45, 7) is 2.11. The number of benzene rings is 1. The Morgan fingerprint density at radius 2 is 2.23 bits per heavy atom. The normalized spacial score (nSPS) is 13.4. The van der Waals surface area contributed by atoms with Gasteiger partial charge in [0.15, 0.2) is 0 Å². The number of hydrogen-bond donors (Lipinski definition) is 0. The molecule has 2 rings (SSSR count). The lowest BCUT2D eigenvalue weighted by molar-refractivity contribution is 0.540. The van der Waals surface area contributed by atoms with Crippen molar-refractivity contribution in [3.8, 4) is 0 Å². The minimum Gasteiger partial charge on any atom is -0.241 e. The Hall–Kier alpha value is -0.900. The lowest BCUT2D eigenvalue weighted by atomic mass is 10.3. The van der Waals surface area contributed by atoms with Gasteiger partial charge in [0.05, 0.1) is 11.6 Å². The number of rotatable bonds is 2. The molecule has 0 N–H and O–H groups in total. The molecule has 0 radical (unpaired) electrons. The fourth-order valence-electron chi connectivity index (χ4n) is 1.28. The van der Waals surface area contributed by atoms with Crippen LogP contribution >= 0.6 is 15.9 Å². The minimum absolute atomic E-state index is 0.340. The second-order valence-electron chi connectivity index (χ2n) is 3.03. The van der Waals surface area contributed by atoms with E-state index in [1.165, 1.54) is 0 Å². The zero-order chi connectivity index (χ0) is 9.26. The Bertz CT molecular complexity index is 410. The predicted octanol–water partition coefficient (Wildman–Crippen LogP) is 2.39. The number of halogens is 1. The van der Waals surface area contributed by atoms with Crippen LogP contribution in [0.15, 0.2) is 24.3 Å². The lowest BCUT2D eigenvalue weighted by Crippen LogP contribution is -2.07. The average Bonchev–Trinajstić information content (AvgIpc) is 2.60. The first-order chi connectivity index (χ1) is 6.33. The Balaban J connectivity index is 2.57. The molecule has 0 spiro atoms. The fourth-order valence-corrected chi connectivity index (χ4v) is 1.55. The zero-order valence-electron chi connectivity index (χ0n) is 7.31. The summed E-state index contributed by atoms with van der Waals surface area (Å²) in [6.07, 6.45) is 0. The molecule has 1 atom stereocenters. The van der Waals surface area contributed by atoms with Crippen molar-refractivity contribution in [2.75, 3.05) is 5.33 Å². The summed E-state index contributed by atoms with van der Waals surface area (Å²) in [5.74, 6) is 0. The van der Waals surface area contributed by atoms with Crippen LogP contribution in [-0.2, 0) is 0 Å². The van der Waals surface area contributed by atoms with E-state index in [-0.39, 0.29) is 0 Å². The van der Waals surface area contributed by atoms with Gasteiger partial charge in [0, 0.05) is 5.33 Å². The molecule has 2 aromatic rings. The van der Waals surface area contributed by atoms with Crippen LogP contribution < -0.4 is 0 Å². The highest BCUT2D eigenvalue weighted by molar-refractivity contribution is 9.09. The molecule has 4 heteroatoms. The number of para-hydroxylation sites is 1. The summed E-state index contributed by atoms with van der Waals surface area (Å²) >= 11 is 3.43. The molecule has 1 heterocycles. The van der Waals surface area contributed by atoms with E-state index in [4.69, 9.17) is 0 Å². The first kappa shape index (κ1) is 8.69. The van der Waals surface area contributed by atoms with Crippen LogP contribution in [0.3, 0.4) is 0 Å². The number of aromatic nitrogens is 3. The maximum Gasteiger partial charge on any atom is 0.113 e. The Morgan fingerprint density at radius 1 is 1.46 bits per heavy atom. The quantitative estimate of drug-likeness (QED) is 0.754.